The molecule has 0 aromatic heterocycles. The van der Waals surface area contributed by atoms with Crippen molar-refractivity contribution in [1.82, 2.24) is 5.32 Å². The normalized spacial score (nSPS) is 12.0. The van der Waals surface area contributed by atoms with Crippen molar-refractivity contribution < 1.29 is 9.53 Å². The summed E-state index contributed by atoms with van der Waals surface area (Å²) in [6, 6.07) is 15.0. The van der Waals surface area contributed by atoms with Crippen LogP contribution < -0.4 is 5.32 Å². The van der Waals surface area contributed by atoms with Gasteiger partial charge in [-0.05, 0) is 30.2 Å². The summed E-state index contributed by atoms with van der Waals surface area (Å²) in [6.07, 6.45) is -0.183. The summed E-state index contributed by atoms with van der Waals surface area (Å²) < 4.78 is 5.49. The van der Waals surface area contributed by atoms with Crippen LogP contribution in [0.2, 0.25) is 5.02 Å². The van der Waals surface area contributed by atoms with E-state index in [-0.39, 0.29) is 12.0 Å². The summed E-state index contributed by atoms with van der Waals surface area (Å²) in [6.45, 7) is 2.42. The summed E-state index contributed by atoms with van der Waals surface area (Å²) in [5.74, 6) is -0.198. The number of amides is 1. The summed E-state index contributed by atoms with van der Waals surface area (Å²) in [7, 11) is 1.64. The van der Waals surface area contributed by atoms with Gasteiger partial charge in [0.05, 0.1) is 16.7 Å². The molecule has 0 fully saturated rings. The Labute approximate surface area is 129 Å². The van der Waals surface area contributed by atoms with Crippen LogP contribution in [0.3, 0.4) is 0 Å². The van der Waals surface area contributed by atoms with Crippen LogP contribution in [0.15, 0.2) is 48.5 Å². The van der Waals surface area contributed by atoms with Crippen LogP contribution in [0.1, 0.15) is 27.6 Å². The highest BCUT2D eigenvalue weighted by molar-refractivity contribution is 6.33. The van der Waals surface area contributed by atoms with Crippen molar-refractivity contribution in [1.29, 1.82) is 0 Å². The van der Waals surface area contributed by atoms with Gasteiger partial charge in [0.2, 0.25) is 0 Å². The highest BCUT2D eigenvalue weighted by Crippen LogP contribution is 2.20. The average molecular weight is 304 g/mol. The number of carbonyl (C=O) groups excluding carboxylic acids is 1. The standard InChI is InChI=1S/C17H18ClNO2/c1-12-7-3-4-8-13(12)16(21-2)11-19-17(20)14-9-5-6-10-15(14)18/h3-10,16H,11H2,1-2H3,(H,19,20)/t16-/m1/s1. The number of benzene rings is 2. The van der Waals surface area contributed by atoms with Gasteiger partial charge in [0.25, 0.3) is 5.91 Å². The minimum Gasteiger partial charge on any atom is -0.375 e. The Balaban J connectivity index is 2.06. The van der Waals surface area contributed by atoms with E-state index in [1.807, 2.05) is 31.2 Å². The third kappa shape index (κ3) is 3.84. The second-order valence-corrected chi connectivity index (χ2v) is 5.18. The van der Waals surface area contributed by atoms with Crippen LogP contribution >= 0.6 is 11.6 Å². The number of hydrogen-bond acceptors (Lipinski definition) is 2. The van der Waals surface area contributed by atoms with E-state index in [0.717, 1.165) is 11.1 Å². The van der Waals surface area contributed by atoms with E-state index in [0.29, 0.717) is 17.1 Å². The Morgan fingerprint density at radius 1 is 1.19 bits per heavy atom. The van der Waals surface area contributed by atoms with Crippen molar-refractivity contribution in [3.05, 3.63) is 70.2 Å². The van der Waals surface area contributed by atoms with Gasteiger partial charge in [-0.2, -0.15) is 0 Å². The van der Waals surface area contributed by atoms with Crippen molar-refractivity contribution in [3.8, 4) is 0 Å². The molecule has 0 aliphatic rings. The molecular formula is C17H18ClNO2. The Bertz CT molecular complexity index is 628. The number of ether oxygens (including phenoxy) is 1. The van der Waals surface area contributed by atoms with Gasteiger partial charge in [0, 0.05) is 13.7 Å². The fourth-order valence-corrected chi connectivity index (χ4v) is 2.42. The fraction of sp³-hybridized carbons (Fsp3) is 0.235. The molecular weight excluding hydrogens is 286 g/mol. The van der Waals surface area contributed by atoms with E-state index >= 15 is 0 Å². The first-order valence-corrected chi connectivity index (χ1v) is 7.12. The second-order valence-electron chi connectivity index (χ2n) is 4.77. The van der Waals surface area contributed by atoms with E-state index in [9.17, 15) is 4.79 Å². The fourth-order valence-electron chi connectivity index (χ4n) is 2.19. The first-order valence-electron chi connectivity index (χ1n) is 6.74. The van der Waals surface area contributed by atoms with Gasteiger partial charge in [-0.1, -0.05) is 48.0 Å². The van der Waals surface area contributed by atoms with E-state index in [1.54, 1.807) is 31.4 Å². The van der Waals surface area contributed by atoms with Crippen LogP contribution in [0, 0.1) is 6.92 Å². The molecule has 0 unspecified atom stereocenters. The number of carbonyl (C=O) groups is 1. The van der Waals surface area contributed by atoms with Crippen LogP contribution in [0.4, 0.5) is 0 Å². The van der Waals surface area contributed by atoms with Crippen molar-refractivity contribution in [2.24, 2.45) is 0 Å². The highest BCUT2D eigenvalue weighted by atomic mass is 35.5. The van der Waals surface area contributed by atoms with Crippen molar-refractivity contribution in [3.63, 3.8) is 0 Å². The monoisotopic (exact) mass is 303 g/mol. The molecule has 0 saturated heterocycles. The molecule has 21 heavy (non-hydrogen) atoms. The molecule has 0 spiro atoms. The summed E-state index contributed by atoms with van der Waals surface area (Å²) >= 11 is 6.02. The van der Waals surface area contributed by atoms with Crippen LogP contribution in [0.5, 0.6) is 0 Å². The minimum absolute atomic E-state index is 0.183. The summed E-state index contributed by atoms with van der Waals surface area (Å²) in [4.78, 5) is 12.2. The molecule has 1 N–H and O–H groups in total. The largest absolute Gasteiger partial charge is 0.375 e. The quantitative estimate of drug-likeness (QED) is 0.913. The van der Waals surface area contributed by atoms with E-state index in [2.05, 4.69) is 5.32 Å². The molecule has 0 aliphatic heterocycles. The van der Waals surface area contributed by atoms with Gasteiger partial charge in [-0.15, -0.1) is 0 Å². The number of nitrogens with one attached hydrogen (secondary N) is 1. The summed E-state index contributed by atoms with van der Waals surface area (Å²) in [5, 5.41) is 3.31. The molecule has 2 aromatic rings. The van der Waals surface area contributed by atoms with Crippen molar-refractivity contribution in [2.75, 3.05) is 13.7 Å². The predicted octanol–water partition coefficient (Wildman–Crippen LogP) is 3.77. The lowest BCUT2D eigenvalue weighted by Gasteiger charge is -2.18. The average Bonchev–Trinajstić information content (AvgIpc) is 2.49. The van der Waals surface area contributed by atoms with Gasteiger partial charge >= 0.3 is 0 Å². The van der Waals surface area contributed by atoms with Crippen LogP contribution in [0.25, 0.3) is 0 Å². The smallest absolute Gasteiger partial charge is 0.252 e. The van der Waals surface area contributed by atoms with E-state index < -0.39 is 0 Å². The van der Waals surface area contributed by atoms with Gasteiger partial charge < -0.3 is 10.1 Å². The Morgan fingerprint density at radius 2 is 1.86 bits per heavy atom. The minimum atomic E-state index is -0.198. The number of hydrogen-bond donors (Lipinski definition) is 1. The zero-order valence-electron chi connectivity index (χ0n) is 12.1. The zero-order valence-corrected chi connectivity index (χ0v) is 12.9. The topological polar surface area (TPSA) is 38.3 Å². The Kier molecular flexibility index (Phi) is 5.37. The Hall–Kier alpha value is -1.84. The maximum atomic E-state index is 12.2. The zero-order chi connectivity index (χ0) is 15.2. The molecule has 110 valence electrons. The molecule has 2 aromatic carbocycles. The lowest BCUT2D eigenvalue weighted by atomic mass is 10.0. The number of methoxy groups -OCH3 is 1. The number of rotatable bonds is 5. The lowest BCUT2D eigenvalue weighted by molar-refractivity contribution is 0.0826. The van der Waals surface area contributed by atoms with E-state index in [4.69, 9.17) is 16.3 Å². The Morgan fingerprint density at radius 3 is 2.52 bits per heavy atom. The van der Waals surface area contributed by atoms with Crippen LogP contribution in [-0.4, -0.2) is 19.6 Å². The molecule has 4 heteroatoms. The van der Waals surface area contributed by atoms with Gasteiger partial charge in [-0.25, -0.2) is 0 Å². The van der Waals surface area contributed by atoms with Crippen molar-refractivity contribution in [2.45, 2.75) is 13.0 Å². The van der Waals surface area contributed by atoms with Gasteiger partial charge in [-0.3, -0.25) is 4.79 Å². The SMILES string of the molecule is CO[C@H](CNC(=O)c1ccccc1Cl)c1ccccc1C. The molecule has 1 amide bonds. The first kappa shape index (κ1) is 15.5. The second kappa shape index (κ2) is 7.25. The summed E-state index contributed by atoms with van der Waals surface area (Å²) in [5.41, 5.74) is 2.68. The molecule has 2 rings (SSSR count). The van der Waals surface area contributed by atoms with Gasteiger partial charge in [0.15, 0.2) is 0 Å². The molecule has 0 bridgehead atoms. The highest BCUT2D eigenvalue weighted by Gasteiger charge is 2.15. The molecule has 1 atom stereocenters. The molecule has 0 saturated carbocycles. The molecule has 0 radical (unpaired) electrons. The maximum Gasteiger partial charge on any atom is 0.252 e. The predicted molar refractivity (Wildman–Crippen MR) is 84.7 cm³/mol. The van der Waals surface area contributed by atoms with Crippen LogP contribution in [-0.2, 0) is 4.74 Å². The first-order chi connectivity index (χ1) is 10.1. The molecule has 0 aliphatic carbocycles. The van der Waals surface area contributed by atoms with Gasteiger partial charge in [0.1, 0.15) is 0 Å². The molecule has 0 heterocycles. The number of aryl methyl sites for hydroxylation is 1. The third-order valence-corrected chi connectivity index (χ3v) is 3.72. The van der Waals surface area contributed by atoms with E-state index in [1.165, 1.54) is 0 Å². The number of halogens is 1. The lowest BCUT2D eigenvalue weighted by Crippen LogP contribution is -2.29. The van der Waals surface area contributed by atoms with Crippen molar-refractivity contribution >= 4 is 17.5 Å². The molecule has 3 nitrogen and oxygen atoms in total. The maximum absolute atomic E-state index is 12.2. The third-order valence-electron chi connectivity index (χ3n) is 3.39.